The SMILES string of the molecule is CCSCCCOc1cc(Br)ccc1C(C)O. The molecular weight excluding hydrogens is 300 g/mol. The molecule has 0 saturated heterocycles. The van der Waals surface area contributed by atoms with Crippen LogP contribution in [0, 0.1) is 0 Å². The maximum atomic E-state index is 9.64. The van der Waals surface area contributed by atoms with Gasteiger partial charge in [0.25, 0.3) is 0 Å². The Morgan fingerprint density at radius 1 is 1.47 bits per heavy atom. The van der Waals surface area contributed by atoms with E-state index in [1.807, 2.05) is 30.0 Å². The molecule has 1 atom stereocenters. The van der Waals surface area contributed by atoms with E-state index in [0.717, 1.165) is 33.7 Å². The Morgan fingerprint density at radius 3 is 2.88 bits per heavy atom. The molecule has 1 aromatic carbocycles. The van der Waals surface area contributed by atoms with Crippen LogP contribution in [0.3, 0.4) is 0 Å². The molecule has 1 N–H and O–H groups in total. The van der Waals surface area contributed by atoms with Gasteiger partial charge in [0.2, 0.25) is 0 Å². The third kappa shape index (κ3) is 5.32. The lowest BCUT2D eigenvalue weighted by Crippen LogP contribution is -2.03. The van der Waals surface area contributed by atoms with E-state index in [-0.39, 0.29) is 0 Å². The smallest absolute Gasteiger partial charge is 0.126 e. The number of ether oxygens (including phenoxy) is 1. The van der Waals surface area contributed by atoms with Crippen molar-refractivity contribution in [2.45, 2.75) is 26.4 Å². The molecule has 0 spiro atoms. The van der Waals surface area contributed by atoms with E-state index >= 15 is 0 Å². The van der Waals surface area contributed by atoms with Gasteiger partial charge in [-0.1, -0.05) is 28.9 Å². The number of thioether (sulfide) groups is 1. The minimum Gasteiger partial charge on any atom is -0.493 e. The zero-order valence-electron chi connectivity index (χ0n) is 10.3. The molecule has 0 aromatic heterocycles. The first-order valence-corrected chi connectivity index (χ1v) is 7.78. The van der Waals surface area contributed by atoms with E-state index in [9.17, 15) is 5.11 Å². The quantitative estimate of drug-likeness (QED) is 0.770. The highest BCUT2D eigenvalue weighted by Gasteiger charge is 2.09. The Labute approximate surface area is 116 Å². The highest BCUT2D eigenvalue weighted by Crippen LogP contribution is 2.28. The first-order chi connectivity index (χ1) is 8.15. The summed E-state index contributed by atoms with van der Waals surface area (Å²) in [6, 6.07) is 5.72. The molecule has 4 heteroatoms. The third-order valence-corrected chi connectivity index (χ3v) is 3.80. The van der Waals surface area contributed by atoms with Crippen molar-refractivity contribution in [1.29, 1.82) is 0 Å². The number of hydrogen-bond acceptors (Lipinski definition) is 3. The summed E-state index contributed by atoms with van der Waals surface area (Å²) < 4.78 is 6.69. The molecule has 0 bridgehead atoms. The highest BCUT2D eigenvalue weighted by atomic mass is 79.9. The molecule has 0 aliphatic rings. The Hall–Kier alpha value is -0.190. The second kappa shape index (κ2) is 8.01. The average molecular weight is 319 g/mol. The molecule has 96 valence electrons. The minimum atomic E-state index is -0.497. The lowest BCUT2D eigenvalue weighted by Gasteiger charge is -2.13. The average Bonchev–Trinajstić information content (AvgIpc) is 2.28. The number of halogens is 1. The number of benzene rings is 1. The fraction of sp³-hybridized carbons (Fsp3) is 0.538. The summed E-state index contributed by atoms with van der Waals surface area (Å²) in [5, 5.41) is 9.64. The van der Waals surface area contributed by atoms with Gasteiger partial charge in [-0.05, 0) is 37.0 Å². The molecule has 1 aromatic rings. The number of aliphatic hydroxyl groups is 1. The van der Waals surface area contributed by atoms with Crippen molar-refractivity contribution < 1.29 is 9.84 Å². The summed E-state index contributed by atoms with van der Waals surface area (Å²) >= 11 is 5.33. The lowest BCUT2D eigenvalue weighted by molar-refractivity contribution is 0.191. The van der Waals surface area contributed by atoms with Crippen LogP contribution in [0.2, 0.25) is 0 Å². The van der Waals surface area contributed by atoms with E-state index in [0.29, 0.717) is 6.61 Å². The van der Waals surface area contributed by atoms with Gasteiger partial charge in [-0.15, -0.1) is 0 Å². The normalized spacial score (nSPS) is 12.5. The first kappa shape index (κ1) is 14.9. The molecule has 17 heavy (non-hydrogen) atoms. The number of rotatable bonds is 7. The number of aliphatic hydroxyl groups excluding tert-OH is 1. The summed E-state index contributed by atoms with van der Waals surface area (Å²) in [5.74, 6) is 3.04. The van der Waals surface area contributed by atoms with Crippen molar-refractivity contribution in [2.24, 2.45) is 0 Å². The zero-order chi connectivity index (χ0) is 12.7. The van der Waals surface area contributed by atoms with Crippen LogP contribution >= 0.6 is 27.7 Å². The van der Waals surface area contributed by atoms with Gasteiger partial charge in [0.1, 0.15) is 5.75 Å². The van der Waals surface area contributed by atoms with Crippen molar-refractivity contribution >= 4 is 27.7 Å². The van der Waals surface area contributed by atoms with Crippen LogP contribution in [0.5, 0.6) is 5.75 Å². The molecule has 0 aliphatic heterocycles. The Morgan fingerprint density at radius 2 is 2.24 bits per heavy atom. The van der Waals surface area contributed by atoms with Gasteiger partial charge in [-0.25, -0.2) is 0 Å². The molecule has 1 rings (SSSR count). The van der Waals surface area contributed by atoms with Crippen LogP contribution in [0.4, 0.5) is 0 Å². The molecule has 0 radical (unpaired) electrons. The van der Waals surface area contributed by atoms with Crippen LogP contribution in [-0.4, -0.2) is 23.2 Å². The first-order valence-electron chi connectivity index (χ1n) is 5.83. The van der Waals surface area contributed by atoms with Gasteiger partial charge < -0.3 is 9.84 Å². The van der Waals surface area contributed by atoms with Crippen LogP contribution in [0.25, 0.3) is 0 Å². The van der Waals surface area contributed by atoms with Crippen LogP contribution in [-0.2, 0) is 0 Å². The van der Waals surface area contributed by atoms with Crippen molar-refractivity contribution in [2.75, 3.05) is 18.1 Å². The maximum Gasteiger partial charge on any atom is 0.126 e. The summed E-state index contributed by atoms with van der Waals surface area (Å²) in [6.45, 7) is 4.61. The molecule has 1 unspecified atom stereocenters. The lowest BCUT2D eigenvalue weighted by atomic mass is 10.1. The molecule has 0 aliphatic carbocycles. The monoisotopic (exact) mass is 318 g/mol. The Kier molecular flexibility index (Phi) is 7.00. The summed E-state index contributed by atoms with van der Waals surface area (Å²) in [6.07, 6.45) is 0.535. The van der Waals surface area contributed by atoms with Crippen LogP contribution < -0.4 is 4.74 Å². The van der Waals surface area contributed by atoms with E-state index in [4.69, 9.17) is 4.74 Å². The predicted octanol–water partition coefficient (Wildman–Crippen LogP) is 4.02. The van der Waals surface area contributed by atoms with E-state index in [1.165, 1.54) is 0 Å². The molecule has 0 fully saturated rings. The molecule has 0 amide bonds. The van der Waals surface area contributed by atoms with Gasteiger partial charge in [-0.3, -0.25) is 0 Å². The second-order valence-electron chi connectivity index (χ2n) is 3.76. The summed E-state index contributed by atoms with van der Waals surface area (Å²) in [4.78, 5) is 0. The largest absolute Gasteiger partial charge is 0.493 e. The Balaban J connectivity index is 2.53. The van der Waals surface area contributed by atoms with Crippen molar-refractivity contribution in [3.63, 3.8) is 0 Å². The van der Waals surface area contributed by atoms with E-state index < -0.39 is 6.10 Å². The molecule has 2 nitrogen and oxygen atoms in total. The third-order valence-electron chi connectivity index (χ3n) is 2.32. The van der Waals surface area contributed by atoms with Crippen molar-refractivity contribution in [1.82, 2.24) is 0 Å². The molecular formula is C13H19BrO2S. The van der Waals surface area contributed by atoms with Crippen molar-refractivity contribution in [3.8, 4) is 5.75 Å². The highest BCUT2D eigenvalue weighted by molar-refractivity contribution is 9.10. The Bertz CT molecular complexity index is 342. The van der Waals surface area contributed by atoms with Crippen molar-refractivity contribution in [3.05, 3.63) is 28.2 Å². The number of hydrogen-bond donors (Lipinski definition) is 1. The fourth-order valence-corrected chi connectivity index (χ4v) is 2.42. The minimum absolute atomic E-state index is 0.497. The van der Waals surface area contributed by atoms with E-state index in [2.05, 4.69) is 22.9 Å². The summed E-state index contributed by atoms with van der Waals surface area (Å²) in [5.41, 5.74) is 0.844. The van der Waals surface area contributed by atoms with Gasteiger partial charge >= 0.3 is 0 Å². The van der Waals surface area contributed by atoms with Gasteiger partial charge in [0, 0.05) is 10.0 Å². The van der Waals surface area contributed by atoms with E-state index in [1.54, 1.807) is 6.92 Å². The topological polar surface area (TPSA) is 29.5 Å². The fourth-order valence-electron chi connectivity index (χ4n) is 1.47. The van der Waals surface area contributed by atoms with Gasteiger partial charge in [-0.2, -0.15) is 11.8 Å². The maximum absolute atomic E-state index is 9.64. The van der Waals surface area contributed by atoms with Crippen LogP contribution in [0.15, 0.2) is 22.7 Å². The predicted molar refractivity (Wildman–Crippen MR) is 77.9 cm³/mol. The van der Waals surface area contributed by atoms with Gasteiger partial charge in [0.15, 0.2) is 0 Å². The molecule has 0 saturated carbocycles. The molecule has 0 heterocycles. The van der Waals surface area contributed by atoms with Crippen LogP contribution in [0.1, 0.15) is 31.9 Å². The summed E-state index contributed by atoms with van der Waals surface area (Å²) in [7, 11) is 0. The van der Waals surface area contributed by atoms with Gasteiger partial charge in [0.05, 0.1) is 12.7 Å². The standard InChI is InChI=1S/C13H19BrO2S/c1-3-17-8-4-7-16-13-9-11(14)5-6-12(13)10(2)15/h5-6,9-10,15H,3-4,7-8H2,1-2H3. The zero-order valence-corrected chi connectivity index (χ0v) is 12.7. The second-order valence-corrected chi connectivity index (χ2v) is 6.07.